The van der Waals surface area contributed by atoms with Crippen LogP contribution in [0.15, 0.2) is 35.3 Å². The highest BCUT2D eigenvalue weighted by Crippen LogP contribution is 1.99. The smallest absolute Gasteiger partial charge is 0.216 e. The molecule has 0 fully saturated rings. The number of hydrogen-bond acceptors (Lipinski definition) is 2. The summed E-state index contributed by atoms with van der Waals surface area (Å²) in [7, 11) is 0. The van der Waals surface area contributed by atoms with Gasteiger partial charge >= 0.3 is 0 Å². The second-order valence-electron chi connectivity index (χ2n) is 4.41. The van der Waals surface area contributed by atoms with Crippen molar-refractivity contribution >= 4 is 35.8 Å². The van der Waals surface area contributed by atoms with Crippen LogP contribution in [-0.2, 0) is 11.2 Å². The summed E-state index contributed by atoms with van der Waals surface area (Å²) in [6.45, 7) is 6.35. The predicted octanol–water partition coefficient (Wildman–Crippen LogP) is 1.54. The van der Waals surface area contributed by atoms with Crippen molar-refractivity contribution in [3.63, 3.8) is 0 Å². The van der Waals surface area contributed by atoms with Crippen LogP contribution in [0.5, 0.6) is 0 Å². The van der Waals surface area contributed by atoms with E-state index in [1.54, 1.807) is 0 Å². The third-order valence-electron chi connectivity index (χ3n) is 2.65. The lowest BCUT2D eigenvalue weighted by Crippen LogP contribution is -2.41. The Morgan fingerprint density at radius 3 is 2.38 bits per heavy atom. The average Bonchev–Trinajstić information content (AvgIpc) is 2.44. The molecule has 0 radical (unpaired) electrons. The van der Waals surface area contributed by atoms with Gasteiger partial charge in [0.15, 0.2) is 5.96 Å². The first-order valence-electron chi connectivity index (χ1n) is 7.03. The lowest BCUT2D eigenvalue weighted by molar-refractivity contribution is -0.118. The number of hydrogen-bond donors (Lipinski definition) is 3. The van der Waals surface area contributed by atoms with E-state index in [-0.39, 0.29) is 29.9 Å². The highest BCUT2D eigenvalue weighted by Gasteiger charge is 1.97. The molecule has 0 saturated heterocycles. The molecule has 5 nitrogen and oxygen atoms in total. The van der Waals surface area contributed by atoms with E-state index < -0.39 is 0 Å². The maximum atomic E-state index is 10.8. The van der Waals surface area contributed by atoms with Gasteiger partial charge < -0.3 is 16.0 Å². The fraction of sp³-hybridized carbons (Fsp3) is 0.467. The minimum absolute atomic E-state index is 0. The highest BCUT2D eigenvalue weighted by atomic mass is 127. The number of rotatable bonds is 7. The molecule has 0 atom stereocenters. The van der Waals surface area contributed by atoms with Crippen LogP contribution < -0.4 is 16.0 Å². The second-order valence-corrected chi connectivity index (χ2v) is 4.41. The van der Waals surface area contributed by atoms with Gasteiger partial charge in [-0.2, -0.15) is 0 Å². The second kappa shape index (κ2) is 12.4. The number of carbonyl (C=O) groups excluding carboxylic acids is 1. The van der Waals surface area contributed by atoms with Crippen LogP contribution in [-0.4, -0.2) is 38.0 Å². The van der Waals surface area contributed by atoms with Gasteiger partial charge in [0.05, 0.1) is 0 Å². The quantitative estimate of drug-likeness (QED) is 0.280. The number of nitrogens with one attached hydrogen (secondary N) is 3. The van der Waals surface area contributed by atoms with Gasteiger partial charge in [0, 0.05) is 33.1 Å². The number of nitrogens with zero attached hydrogens (tertiary/aromatic N) is 1. The monoisotopic (exact) mass is 404 g/mol. The van der Waals surface area contributed by atoms with Crippen molar-refractivity contribution in [1.29, 1.82) is 0 Å². The minimum Gasteiger partial charge on any atom is -0.357 e. The molecule has 0 saturated carbocycles. The van der Waals surface area contributed by atoms with Gasteiger partial charge in [-0.1, -0.05) is 30.3 Å². The van der Waals surface area contributed by atoms with Gasteiger partial charge in [-0.25, -0.2) is 0 Å². The number of guanidine groups is 1. The molecule has 0 aromatic heterocycles. The molecule has 1 rings (SSSR count). The van der Waals surface area contributed by atoms with Crippen LogP contribution in [0.3, 0.4) is 0 Å². The fourth-order valence-electron chi connectivity index (χ4n) is 1.70. The third-order valence-corrected chi connectivity index (χ3v) is 2.65. The van der Waals surface area contributed by atoms with Crippen LogP contribution in [0.25, 0.3) is 0 Å². The maximum Gasteiger partial charge on any atom is 0.216 e. The summed E-state index contributed by atoms with van der Waals surface area (Å²) in [5.41, 5.74) is 1.28. The Bertz CT molecular complexity index is 423. The maximum absolute atomic E-state index is 10.8. The van der Waals surface area contributed by atoms with E-state index >= 15 is 0 Å². The summed E-state index contributed by atoms with van der Waals surface area (Å²) in [6.07, 6.45) is 0.920. The van der Waals surface area contributed by atoms with E-state index in [0.29, 0.717) is 13.1 Å². The highest BCUT2D eigenvalue weighted by molar-refractivity contribution is 14.0. The van der Waals surface area contributed by atoms with E-state index in [4.69, 9.17) is 0 Å². The van der Waals surface area contributed by atoms with E-state index in [0.717, 1.165) is 25.5 Å². The van der Waals surface area contributed by atoms with Crippen molar-refractivity contribution in [3.05, 3.63) is 35.9 Å². The number of halogens is 1. The first kappa shape index (κ1) is 19.7. The predicted molar refractivity (Wildman–Crippen MR) is 98.2 cm³/mol. The fourth-order valence-corrected chi connectivity index (χ4v) is 1.70. The van der Waals surface area contributed by atoms with Crippen molar-refractivity contribution in [2.75, 3.05) is 26.2 Å². The lowest BCUT2D eigenvalue weighted by Gasteiger charge is -2.11. The number of carbonyl (C=O) groups is 1. The van der Waals surface area contributed by atoms with Crippen LogP contribution >= 0.6 is 24.0 Å². The molecular formula is C15H25IN4O. The molecule has 1 aromatic rings. The molecule has 6 heteroatoms. The summed E-state index contributed by atoms with van der Waals surface area (Å²) >= 11 is 0. The molecule has 0 aliphatic heterocycles. The normalized spacial score (nSPS) is 10.5. The molecule has 0 aliphatic rings. The molecule has 21 heavy (non-hydrogen) atoms. The number of benzene rings is 1. The zero-order valence-electron chi connectivity index (χ0n) is 12.7. The standard InChI is InChI=1S/C15H24N4O.HI/c1-3-16-15(19-12-11-17-13(2)20)18-10-9-14-7-5-4-6-8-14;/h4-8H,3,9-12H2,1-2H3,(H,17,20)(H2,16,18,19);1H. The molecule has 118 valence electrons. The molecule has 0 spiro atoms. The van der Waals surface area contributed by atoms with E-state index in [1.807, 2.05) is 25.1 Å². The van der Waals surface area contributed by atoms with E-state index in [9.17, 15) is 4.79 Å². The molecule has 0 heterocycles. The number of aliphatic imine (C=N–C) groups is 1. The molecule has 1 amide bonds. The minimum atomic E-state index is -0.0159. The Kier molecular flexibility index (Phi) is 11.7. The largest absolute Gasteiger partial charge is 0.357 e. The van der Waals surface area contributed by atoms with E-state index in [2.05, 4.69) is 33.1 Å². The summed E-state index contributed by atoms with van der Waals surface area (Å²) in [4.78, 5) is 15.3. The molecule has 3 N–H and O–H groups in total. The lowest BCUT2D eigenvalue weighted by atomic mass is 10.2. The van der Waals surface area contributed by atoms with Crippen LogP contribution in [0, 0.1) is 0 Å². The first-order valence-corrected chi connectivity index (χ1v) is 7.03. The topological polar surface area (TPSA) is 65.5 Å². The van der Waals surface area contributed by atoms with Gasteiger partial charge in [-0.15, -0.1) is 24.0 Å². The summed E-state index contributed by atoms with van der Waals surface area (Å²) in [5, 5.41) is 9.11. The summed E-state index contributed by atoms with van der Waals surface area (Å²) in [5.74, 6) is 0.770. The third kappa shape index (κ3) is 10.1. The first-order chi connectivity index (χ1) is 9.72. The van der Waals surface area contributed by atoms with Gasteiger partial charge in [0.2, 0.25) is 5.91 Å². The Morgan fingerprint density at radius 1 is 1.10 bits per heavy atom. The molecule has 0 aliphatic carbocycles. The van der Waals surface area contributed by atoms with Gasteiger partial charge in [0.25, 0.3) is 0 Å². The van der Waals surface area contributed by atoms with E-state index in [1.165, 1.54) is 12.5 Å². The van der Waals surface area contributed by atoms with Crippen LogP contribution in [0.2, 0.25) is 0 Å². The molecule has 1 aromatic carbocycles. The van der Waals surface area contributed by atoms with Gasteiger partial charge in [0.1, 0.15) is 0 Å². The molecule has 0 unspecified atom stereocenters. The average molecular weight is 404 g/mol. The van der Waals surface area contributed by atoms with Crippen LogP contribution in [0.1, 0.15) is 19.4 Å². The van der Waals surface area contributed by atoms with Crippen molar-refractivity contribution in [1.82, 2.24) is 16.0 Å². The van der Waals surface area contributed by atoms with Gasteiger partial charge in [-0.05, 0) is 18.9 Å². The van der Waals surface area contributed by atoms with Gasteiger partial charge in [-0.3, -0.25) is 9.79 Å². The zero-order chi connectivity index (χ0) is 14.6. The summed E-state index contributed by atoms with van der Waals surface area (Å²) in [6, 6.07) is 10.3. The van der Waals surface area contributed by atoms with Crippen molar-refractivity contribution in [3.8, 4) is 0 Å². The van der Waals surface area contributed by atoms with Crippen LogP contribution in [0.4, 0.5) is 0 Å². The Balaban J connectivity index is 0.00000400. The molecule has 0 bridgehead atoms. The van der Waals surface area contributed by atoms with Crippen molar-refractivity contribution in [2.24, 2.45) is 4.99 Å². The van der Waals surface area contributed by atoms with Crippen molar-refractivity contribution < 1.29 is 4.79 Å². The Hall–Kier alpha value is -1.31. The Morgan fingerprint density at radius 2 is 1.76 bits per heavy atom. The zero-order valence-corrected chi connectivity index (χ0v) is 15.0. The Labute approximate surface area is 144 Å². The summed E-state index contributed by atoms with van der Waals surface area (Å²) < 4.78 is 0. The van der Waals surface area contributed by atoms with Crippen molar-refractivity contribution in [2.45, 2.75) is 20.3 Å². The number of amides is 1. The molecular weight excluding hydrogens is 379 g/mol. The SMILES string of the molecule is CCNC(=NCCc1ccccc1)NCCNC(C)=O.I.